The molecule has 2 aliphatic heterocycles. The zero-order valence-corrected chi connectivity index (χ0v) is 13.9. The minimum Gasteiger partial charge on any atom is -0.454 e. The maximum Gasteiger partial charge on any atom is 0.317 e. The summed E-state index contributed by atoms with van der Waals surface area (Å²) >= 11 is 0. The van der Waals surface area contributed by atoms with Crippen LogP contribution in [0.1, 0.15) is 37.7 Å². The lowest BCUT2D eigenvalue weighted by Gasteiger charge is -2.43. The van der Waals surface area contributed by atoms with Gasteiger partial charge in [0.25, 0.3) is 0 Å². The summed E-state index contributed by atoms with van der Waals surface area (Å²) in [7, 11) is 0. The SMILES string of the molecule is O=C(NCc1ccc2c(c1)OCO2)N1CCCC2(CC=CCC2)C1. The van der Waals surface area contributed by atoms with Gasteiger partial charge >= 0.3 is 6.03 Å². The van der Waals surface area contributed by atoms with Gasteiger partial charge in [0, 0.05) is 19.6 Å². The van der Waals surface area contributed by atoms with Crippen molar-refractivity contribution in [3.8, 4) is 11.5 Å². The minimum atomic E-state index is 0.0429. The van der Waals surface area contributed by atoms with Crippen LogP contribution in [0.4, 0.5) is 4.79 Å². The Morgan fingerprint density at radius 3 is 3.00 bits per heavy atom. The van der Waals surface area contributed by atoms with Crippen molar-refractivity contribution in [2.75, 3.05) is 19.9 Å². The predicted molar refractivity (Wildman–Crippen MR) is 91.0 cm³/mol. The first kappa shape index (κ1) is 15.4. The topological polar surface area (TPSA) is 50.8 Å². The molecule has 1 spiro atoms. The highest BCUT2D eigenvalue weighted by Crippen LogP contribution is 2.40. The average Bonchev–Trinajstić information content (AvgIpc) is 3.08. The number of hydrogen-bond donors (Lipinski definition) is 1. The van der Waals surface area contributed by atoms with Crippen molar-refractivity contribution in [1.82, 2.24) is 10.2 Å². The summed E-state index contributed by atoms with van der Waals surface area (Å²) in [5, 5.41) is 3.05. The summed E-state index contributed by atoms with van der Waals surface area (Å²) < 4.78 is 10.7. The number of piperidine rings is 1. The summed E-state index contributed by atoms with van der Waals surface area (Å²) in [6.07, 6.45) is 10.4. The minimum absolute atomic E-state index is 0.0429. The molecule has 2 heterocycles. The molecule has 5 heteroatoms. The van der Waals surface area contributed by atoms with Crippen LogP contribution >= 0.6 is 0 Å². The van der Waals surface area contributed by atoms with E-state index in [2.05, 4.69) is 17.5 Å². The van der Waals surface area contributed by atoms with E-state index >= 15 is 0 Å². The Morgan fingerprint density at radius 2 is 2.12 bits per heavy atom. The third-order valence-electron chi connectivity index (χ3n) is 5.39. The molecule has 1 unspecified atom stereocenters. The lowest BCUT2D eigenvalue weighted by atomic mass is 9.71. The number of amides is 2. The van der Waals surface area contributed by atoms with Crippen LogP contribution in [0.5, 0.6) is 11.5 Å². The molecule has 2 amide bonds. The Bertz CT molecular complexity index is 658. The number of hydrogen-bond acceptors (Lipinski definition) is 3. The van der Waals surface area contributed by atoms with Gasteiger partial charge in [0.1, 0.15) is 0 Å². The number of fused-ring (bicyclic) bond motifs is 1. The van der Waals surface area contributed by atoms with Crippen LogP contribution in [0, 0.1) is 5.41 Å². The second-order valence-electron chi connectivity index (χ2n) is 7.09. The molecule has 1 fully saturated rings. The van der Waals surface area contributed by atoms with Gasteiger partial charge in [0.05, 0.1) is 0 Å². The third kappa shape index (κ3) is 3.07. The molecule has 128 valence electrons. The first-order chi connectivity index (χ1) is 11.7. The Balaban J connectivity index is 1.35. The molecular formula is C19H24N2O3. The number of carbonyl (C=O) groups is 1. The molecule has 0 bridgehead atoms. The highest BCUT2D eigenvalue weighted by molar-refractivity contribution is 5.74. The van der Waals surface area contributed by atoms with Crippen molar-refractivity contribution in [2.45, 2.75) is 38.6 Å². The van der Waals surface area contributed by atoms with E-state index in [4.69, 9.17) is 9.47 Å². The number of nitrogens with one attached hydrogen (secondary N) is 1. The van der Waals surface area contributed by atoms with E-state index in [1.807, 2.05) is 23.1 Å². The quantitative estimate of drug-likeness (QED) is 0.846. The Hall–Kier alpha value is -2.17. The van der Waals surface area contributed by atoms with Crippen LogP contribution in [-0.4, -0.2) is 30.8 Å². The van der Waals surface area contributed by atoms with Crippen molar-refractivity contribution in [1.29, 1.82) is 0 Å². The van der Waals surface area contributed by atoms with Gasteiger partial charge in [-0.1, -0.05) is 18.2 Å². The zero-order valence-electron chi connectivity index (χ0n) is 13.9. The average molecular weight is 328 g/mol. The fraction of sp³-hybridized carbons (Fsp3) is 0.526. The van der Waals surface area contributed by atoms with E-state index in [1.165, 1.54) is 12.8 Å². The standard InChI is InChI=1S/C19H24N2O3/c22-18(20-12-15-5-6-16-17(11-15)24-14-23-16)21-10-4-9-19(13-21)7-2-1-3-8-19/h1-2,5-6,11H,3-4,7-10,12-14H2,(H,20,22). The van der Waals surface area contributed by atoms with Crippen LogP contribution in [0.3, 0.4) is 0 Å². The first-order valence-electron chi connectivity index (χ1n) is 8.80. The maximum absolute atomic E-state index is 12.6. The highest BCUT2D eigenvalue weighted by Gasteiger charge is 2.36. The summed E-state index contributed by atoms with van der Waals surface area (Å²) in [4.78, 5) is 14.6. The Kier molecular flexibility index (Phi) is 4.08. The Labute approximate surface area is 142 Å². The second-order valence-corrected chi connectivity index (χ2v) is 7.09. The number of carbonyl (C=O) groups excluding carboxylic acids is 1. The van der Waals surface area contributed by atoms with Gasteiger partial charge in [0.15, 0.2) is 11.5 Å². The molecule has 5 nitrogen and oxygen atoms in total. The van der Waals surface area contributed by atoms with Crippen molar-refractivity contribution in [3.63, 3.8) is 0 Å². The van der Waals surface area contributed by atoms with Crippen molar-refractivity contribution < 1.29 is 14.3 Å². The third-order valence-corrected chi connectivity index (χ3v) is 5.39. The predicted octanol–water partition coefficient (Wildman–Crippen LogP) is 3.45. The van der Waals surface area contributed by atoms with E-state index in [0.717, 1.165) is 49.4 Å². The molecule has 24 heavy (non-hydrogen) atoms. The number of likely N-dealkylation sites (tertiary alicyclic amines) is 1. The van der Waals surface area contributed by atoms with Gasteiger partial charge in [0.2, 0.25) is 6.79 Å². The smallest absolute Gasteiger partial charge is 0.317 e. The fourth-order valence-corrected chi connectivity index (χ4v) is 4.04. The number of nitrogens with zero attached hydrogens (tertiary/aromatic N) is 1. The van der Waals surface area contributed by atoms with E-state index in [9.17, 15) is 4.79 Å². The molecule has 1 saturated heterocycles. The summed E-state index contributed by atoms with van der Waals surface area (Å²) in [6, 6.07) is 5.85. The van der Waals surface area contributed by atoms with E-state index in [-0.39, 0.29) is 12.8 Å². The molecule has 1 aromatic carbocycles. The summed E-state index contributed by atoms with van der Waals surface area (Å²) in [6.45, 7) is 2.52. The van der Waals surface area contributed by atoms with E-state index in [0.29, 0.717) is 12.0 Å². The monoisotopic (exact) mass is 328 g/mol. The van der Waals surface area contributed by atoms with Crippen molar-refractivity contribution >= 4 is 6.03 Å². The molecule has 1 N–H and O–H groups in total. The lowest BCUT2D eigenvalue weighted by Crippen LogP contribution is -2.49. The largest absolute Gasteiger partial charge is 0.454 e. The van der Waals surface area contributed by atoms with E-state index in [1.54, 1.807) is 0 Å². The molecule has 1 aliphatic carbocycles. The maximum atomic E-state index is 12.6. The van der Waals surface area contributed by atoms with Gasteiger partial charge < -0.3 is 19.7 Å². The highest BCUT2D eigenvalue weighted by atomic mass is 16.7. The first-order valence-corrected chi connectivity index (χ1v) is 8.80. The molecule has 1 atom stereocenters. The molecule has 3 aliphatic rings. The normalized spacial score (nSPS) is 25.1. The molecule has 0 saturated carbocycles. The van der Waals surface area contributed by atoms with Crippen LogP contribution in [-0.2, 0) is 6.54 Å². The van der Waals surface area contributed by atoms with Gasteiger partial charge in [-0.15, -0.1) is 0 Å². The number of ether oxygens (including phenoxy) is 2. The van der Waals surface area contributed by atoms with Gasteiger partial charge in [-0.25, -0.2) is 4.79 Å². The summed E-state index contributed by atoms with van der Waals surface area (Å²) in [5.74, 6) is 1.53. The van der Waals surface area contributed by atoms with Crippen LogP contribution in [0.25, 0.3) is 0 Å². The number of rotatable bonds is 2. The number of benzene rings is 1. The van der Waals surface area contributed by atoms with Crippen molar-refractivity contribution in [3.05, 3.63) is 35.9 Å². The summed E-state index contributed by atoms with van der Waals surface area (Å²) in [5.41, 5.74) is 1.34. The molecule has 0 radical (unpaired) electrons. The zero-order chi connectivity index (χ0) is 16.4. The van der Waals surface area contributed by atoms with Crippen LogP contribution in [0.2, 0.25) is 0 Å². The van der Waals surface area contributed by atoms with Gasteiger partial charge in [-0.2, -0.15) is 0 Å². The number of allylic oxidation sites excluding steroid dienone is 2. The van der Waals surface area contributed by atoms with E-state index < -0.39 is 0 Å². The molecular weight excluding hydrogens is 304 g/mol. The lowest BCUT2D eigenvalue weighted by molar-refractivity contribution is 0.0958. The molecule has 4 rings (SSSR count). The Morgan fingerprint density at radius 1 is 1.21 bits per heavy atom. The van der Waals surface area contributed by atoms with Gasteiger partial charge in [-0.3, -0.25) is 0 Å². The fourth-order valence-electron chi connectivity index (χ4n) is 4.04. The number of urea groups is 1. The van der Waals surface area contributed by atoms with Crippen molar-refractivity contribution in [2.24, 2.45) is 5.41 Å². The second kappa shape index (κ2) is 6.38. The van der Waals surface area contributed by atoms with Crippen LogP contribution in [0.15, 0.2) is 30.4 Å². The van der Waals surface area contributed by atoms with Crippen LogP contribution < -0.4 is 14.8 Å². The molecule has 0 aromatic heterocycles. The van der Waals surface area contributed by atoms with Gasteiger partial charge in [-0.05, 0) is 55.2 Å². The molecule has 1 aromatic rings.